The van der Waals surface area contributed by atoms with E-state index in [-0.39, 0.29) is 86.2 Å². The van der Waals surface area contributed by atoms with Crippen LogP contribution >= 0.6 is 0 Å². The van der Waals surface area contributed by atoms with E-state index in [0.29, 0.717) is 0 Å². The predicted molar refractivity (Wildman–Crippen MR) is 29.8 cm³/mol. The molecular formula is H9Al3Cu2. The summed E-state index contributed by atoms with van der Waals surface area (Å²) in [6.45, 7) is 0. The Kier molecular flexibility index (Phi) is 294. The summed E-state index contributed by atoms with van der Waals surface area (Å²) in [6.07, 6.45) is 0. The van der Waals surface area contributed by atoms with Gasteiger partial charge in [0.1, 0.15) is 0 Å². The van der Waals surface area contributed by atoms with Crippen LogP contribution in [0.25, 0.3) is 0 Å². The molecule has 2 radical (unpaired) electrons. The van der Waals surface area contributed by atoms with Crippen molar-refractivity contribution in [2.24, 2.45) is 0 Å². The van der Waals surface area contributed by atoms with Crippen LogP contribution in [0.15, 0.2) is 0 Å². The van der Waals surface area contributed by atoms with Gasteiger partial charge < -0.3 is 0 Å². The van der Waals surface area contributed by atoms with Gasteiger partial charge in [0.25, 0.3) is 0 Å². The van der Waals surface area contributed by atoms with Crippen molar-refractivity contribution in [1.82, 2.24) is 0 Å². The third kappa shape index (κ3) is 20.5. The number of rotatable bonds is 0. The minimum atomic E-state index is 0. The summed E-state index contributed by atoms with van der Waals surface area (Å²) in [7, 11) is 0. The Labute approximate surface area is 85.2 Å². The molecule has 0 unspecified atom stereocenters. The van der Waals surface area contributed by atoms with Gasteiger partial charge in [-0.05, 0) is 0 Å². The van der Waals surface area contributed by atoms with Gasteiger partial charge in [-0.2, -0.15) is 0 Å². The van der Waals surface area contributed by atoms with Crippen LogP contribution in [0, 0.1) is 0 Å². The van der Waals surface area contributed by atoms with Crippen molar-refractivity contribution in [3.05, 3.63) is 0 Å². The molecule has 5 heavy (non-hydrogen) atoms. The van der Waals surface area contributed by atoms with Crippen LogP contribution in [0.1, 0.15) is 0 Å². The Morgan fingerprint density at radius 1 is 0.400 bits per heavy atom. The molecule has 0 aliphatic heterocycles. The average Bonchev–Trinajstić information content (AvgIpc) is 0. The van der Waals surface area contributed by atoms with Crippen LogP contribution in [-0.2, 0) is 34.1 Å². The largest absolute Gasteiger partial charge is 0.187 e. The average molecular weight is 217 g/mol. The zero-order valence-corrected chi connectivity index (χ0v) is 2.49. The second-order valence-corrected chi connectivity index (χ2v) is 0. The van der Waals surface area contributed by atoms with Crippen molar-refractivity contribution in [1.29, 1.82) is 0 Å². The third-order valence-corrected chi connectivity index (χ3v) is 0. The van der Waals surface area contributed by atoms with E-state index in [1.807, 2.05) is 0 Å². The van der Waals surface area contributed by atoms with Gasteiger partial charge in [0.15, 0.2) is 52.1 Å². The summed E-state index contributed by atoms with van der Waals surface area (Å²) in [4.78, 5) is 0. The molecule has 0 N–H and O–H groups in total. The molecule has 0 aromatic rings. The Morgan fingerprint density at radius 2 is 0.400 bits per heavy atom. The maximum Gasteiger partial charge on any atom is 0.187 e. The number of hydrogen-bond donors (Lipinski definition) is 0. The molecule has 0 saturated heterocycles. The van der Waals surface area contributed by atoms with Crippen molar-refractivity contribution >= 4 is 52.1 Å². The summed E-state index contributed by atoms with van der Waals surface area (Å²) >= 11 is 0. The second-order valence-electron chi connectivity index (χ2n) is 0. The summed E-state index contributed by atoms with van der Waals surface area (Å²) < 4.78 is 0. The summed E-state index contributed by atoms with van der Waals surface area (Å²) in [5, 5.41) is 0. The van der Waals surface area contributed by atoms with Gasteiger partial charge in [-0.25, -0.2) is 0 Å². The molecule has 0 aliphatic carbocycles. The first-order chi connectivity index (χ1) is 0. The molecular weight excluding hydrogens is 208 g/mol. The molecule has 0 aliphatic rings. The molecule has 0 rings (SSSR count). The fraction of sp³-hybridized carbons (Fsp3) is 0. The second kappa shape index (κ2) is 30.3. The molecule has 0 spiro atoms. The number of hydrogen-bond acceptors (Lipinski definition) is 0. The van der Waals surface area contributed by atoms with Gasteiger partial charge >= 0.3 is 0 Å². The molecule has 0 nitrogen and oxygen atoms in total. The van der Waals surface area contributed by atoms with E-state index in [1.54, 1.807) is 0 Å². The van der Waals surface area contributed by atoms with Crippen LogP contribution in [0.2, 0.25) is 0 Å². The van der Waals surface area contributed by atoms with Crippen LogP contribution in [0.4, 0.5) is 0 Å². The Balaban J connectivity index is 0. The first-order valence-corrected chi connectivity index (χ1v) is 0. The first-order valence-electron chi connectivity index (χ1n) is 0. The van der Waals surface area contributed by atoms with Crippen molar-refractivity contribution in [2.75, 3.05) is 0 Å². The third-order valence-electron chi connectivity index (χ3n) is 0. The molecule has 0 saturated carbocycles. The quantitative estimate of drug-likeness (QED) is 0.368. The first kappa shape index (κ1) is 48.4. The van der Waals surface area contributed by atoms with Crippen molar-refractivity contribution < 1.29 is 34.1 Å². The van der Waals surface area contributed by atoms with E-state index in [1.165, 1.54) is 0 Å². The van der Waals surface area contributed by atoms with Crippen LogP contribution in [-0.4, -0.2) is 52.1 Å². The monoisotopic (exact) mass is 216 g/mol. The summed E-state index contributed by atoms with van der Waals surface area (Å²) in [6, 6.07) is 0. The smallest absolute Gasteiger partial charge is 0 e. The van der Waals surface area contributed by atoms with Gasteiger partial charge in [0.2, 0.25) is 0 Å². The van der Waals surface area contributed by atoms with Gasteiger partial charge in [-0.15, -0.1) is 0 Å². The van der Waals surface area contributed by atoms with Crippen molar-refractivity contribution in [3.8, 4) is 0 Å². The standard InChI is InChI=1S/3Al.2Cu.9H. The minimum Gasteiger partial charge on any atom is 0 e. The normalized spacial score (nSPS) is 0. The van der Waals surface area contributed by atoms with Gasteiger partial charge in [0.05, 0.1) is 0 Å². The molecule has 0 bridgehead atoms. The van der Waals surface area contributed by atoms with Crippen LogP contribution in [0.3, 0.4) is 0 Å². The topological polar surface area (TPSA) is 0 Å². The fourth-order valence-corrected chi connectivity index (χ4v) is 0. The van der Waals surface area contributed by atoms with Gasteiger partial charge in [-0.3, -0.25) is 0 Å². The summed E-state index contributed by atoms with van der Waals surface area (Å²) in [5.41, 5.74) is 0. The van der Waals surface area contributed by atoms with E-state index in [9.17, 15) is 0 Å². The maximum absolute atomic E-state index is 0. The molecule has 0 fully saturated rings. The molecule has 0 aromatic carbocycles. The maximum atomic E-state index is 0. The van der Waals surface area contributed by atoms with E-state index in [0.717, 1.165) is 0 Å². The Hall–Kier alpha value is 2.64. The zero-order valence-electron chi connectivity index (χ0n) is 0.603. The Morgan fingerprint density at radius 3 is 0.400 bits per heavy atom. The Bertz CT molecular complexity index is 4.85. The van der Waals surface area contributed by atoms with E-state index in [2.05, 4.69) is 0 Å². The van der Waals surface area contributed by atoms with E-state index < -0.39 is 0 Å². The molecule has 0 amide bonds. The van der Waals surface area contributed by atoms with Crippen LogP contribution < -0.4 is 0 Å². The predicted octanol–water partition coefficient (Wildman–Crippen LogP) is -3.56. The molecule has 5 heteroatoms. The molecule has 40 valence electrons. The van der Waals surface area contributed by atoms with E-state index >= 15 is 0 Å². The van der Waals surface area contributed by atoms with Crippen molar-refractivity contribution in [3.63, 3.8) is 0 Å². The molecule has 0 atom stereocenters. The summed E-state index contributed by atoms with van der Waals surface area (Å²) in [5.74, 6) is 0. The fourth-order valence-electron chi connectivity index (χ4n) is 0. The van der Waals surface area contributed by atoms with E-state index in [4.69, 9.17) is 0 Å². The van der Waals surface area contributed by atoms with Crippen LogP contribution in [0.5, 0.6) is 0 Å². The molecule has 0 aromatic heterocycles. The SMILES string of the molecule is [AlH3].[AlH3].[AlH3].[Cu].[Cu]. The van der Waals surface area contributed by atoms with Gasteiger partial charge in [0, 0.05) is 34.1 Å². The minimum absolute atomic E-state index is 0. The zero-order chi connectivity index (χ0) is 0. The molecule has 0 heterocycles. The van der Waals surface area contributed by atoms with Gasteiger partial charge in [-0.1, -0.05) is 0 Å². The van der Waals surface area contributed by atoms with Crippen molar-refractivity contribution in [2.45, 2.75) is 0 Å².